The number of nitrogens with zero attached hydrogens (tertiary/aromatic N) is 1. The normalized spacial score (nSPS) is 18.2. The SMILES string of the molecule is CC1=NC(CCc2ccc(OCCCc3cccs3)c(C(F)(F)F)c2)(COP(OC(C)(C)C)OC(C)(C)C)CO1. The standard InChI is InChI=1S/C29H41F3NO5PS/c1-21-33-28(19-35-21,20-36-39(37-26(2,3)4)38-27(5,6)7)15-14-22-12-13-25(24(18-22)29(30,31)32)34-16-8-10-23-11-9-17-40-23/h9,11-13,17-18H,8,10,14-16,19-20H2,1-7H3. The van der Waals surface area contributed by atoms with E-state index in [1.54, 1.807) is 24.3 Å². The van der Waals surface area contributed by atoms with Crippen LogP contribution in [0.15, 0.2) is 40.7 Å². The van der Waals surface area contributed by atoms with Crippen LogP contribution in [-0.2, 0) is 37.3 Å². The van der Waals surface area contributed by atoms with Gasteiger partial charge in [-0.05, 0) is 96.4 Å². The van der Waals surface area contributed by atoms with Crippen molar-refractivity contribution in [3.63, 3.8) is 0 Å². The molecule has 2 heterocycles. The number of aryl methyl sites for hydroxylation is 2. The summed E-state index contributed by atoms with van der Waals surface area (Å²) < 4.78 is 71.3. The first-order valence-electron chi connectivity index (χ1n) is 13.4. The number of ether oxygens (including phenoxy) is 2. The fraction of sp³-hybridized carbons (Fsp3) is 0.621. The maximum atomic E-state index is 13.9. The second-order valence-electron chi connectivity index (χ2n) is 11.9. The second-order valence-corrected chi connectivity index (χ2v) is 14.0. The van der Waals surface area contributed by atoms with Crippen molar-refractivity contribution in [3.8, 4) is 5.75 Å². The summed E-state index contributed by atoms with van der Waals surface area (Å²) in [5.74, 6) is 0.367. The first-order valence-corrected chi connectivity index (χ1v) is 15.4. The molecule has 1 atom stereocenters. The smallest absolute Gasteiger partial charge is 0.419 e. The Labute approximate surface area is 241 Å². The van der Waals surface area contributed by atoms with Gasteiger partial charge in [-0.2, -0.15) is 13.2 Å². The lowest BCUT2D eigenvalue weighted by atomic mass is 9.93. The van der Waals surface area contributed by atoms with Crippen molar-refractivity contribution in [1.82, 2.24) is 0 Å². The van der Waals surface area contributed by atoms with Crippen LogP contribution in [0, 0.1) is 0 Å². The van der Waals surface area contributed by atoms with Gasteiger partial charge >= 0.3 is 14.8 Å². The van der Waals surface area contributed by atoms with E-state index < -0.39 is 37.1 Å². The third-order valence-corrected chi connectivity index (χ3v) is 8.38. The van der Waals surface area contributed by atoms with E-state index in [2.05, 4.69) is 4.99 Å². The van der Waals surface area contributed by atoms with Crippen LogP contribution in [0.3, 0.4) is 0 Å². The molecule has 0 aliphatic carbocycles. The van der Waals surface area contributed by atoms with E-state index in [0.717, 1.165) is 6.42 Å². The third kappa shape index (κ3) is 10.9. The Hall–Kier alpha value is -1.71. The van der Waals surface area contributed by atoms with Gasteiger partial charge in [0.2, 0.25) is 0 Å². The fourth-order valence-electron chi connectivity index (χ4n) is 3.94. The number of rotatable bonds is 13. The minimum absolute atomic E-state index is 0.150. The summed E-state index contributed by atoms with van der Waals surface area (Å²) in [6, 6.07) is 8.24. The Morgan fingerprint density at radius 2 is 1.73 bits per heavy atom. The largest absolute Gasteiger partial charge is 0.493 e. The summed E-state index contributed by atoms with van der Waals surface area (Å²) in [7, 11) is -1.70. The minimum Gasteiger partial charge on any atom is -0.493 e. The summed E-state index contributed by atoms with van der Waals surface area (Å²) in [4.78, 5) is 5.87. The summed E-state index contributed by atoms with van der Waals surface area (Å²) in [5, 5.41) is 1.98. The molecule has 40 heavy (non-hydrogen) atoms. The molecule has 0 spiro atoms. The molecule has 1 aliphatic heterocycles. The van der Waals surface area contributed by atoms with Gasteiger partial charge in [-0.3, -0.25) is 0 Å². The average Bonchev–Trinajstić information content (AvgIpc) is 3.47. The number of aliphatic imine (C=N–C) groups is 1. The molecule has 0 saturated heterocycles. The predicted octanol–water partition coefficient (Wildman–Crippen LogP) is 8.77. The Balaban J connectivity index is 1.68. The molecule has 0 saturated carbocycles. The van der Waals surface area contributed by atoms with Gasteiger partial charge < -0.3 is 23.0 Å². The molecule has 2 aromatic rings. The molecule has 1 aromatic carbocycles. The molecule has 1 aromatic heterocycles. The van der Waals surface area contributed by atoms with Crippen molar-refractivity contribution in [3.05, 3.63) is 51.7 Å². The van der Waals surface area contributed by atoms with Gasteiger partial charge in [-0.1, -0.05) is 12.1 Å². The zero-order valence-corrected chi connectivity index (χ0v) is 26.1. The van der Waals surface area contributed by atoms with Crippen molar-refractivity contribution in [2.24, 2.45) is 4.99 Å². The quantitative estimate of drug-likeness (QED) is 0.169. The van der Waals surface area contributed by atoms with Crippen molar-refractivity contribution >= 4 is 25.8 Å². The zero-order valence-electron chi connectivity index (χ0n) is 24.4. The van der Waals surface area contributed by atoms with E-state index >= 15 is 0 Å². The molecule has 6 nitrogen and oxygen atoms in total. The lowest BCUT2D eigenvalue weighted by Crippen LogP contribution is -2.35. The van der Waals surface area contributed by atoms with Crippen molar-refractivity contribution in [1.29, 1.82) is 0 Å². The number of hydrogen-bond acceptors (Lipinski definition) is 7. The van der Waals surface area contributed by atoms with Crippen LogP contribution in [0.2, 0.25) is 0 Å². The van der Waals surface area contributed by atoms with Gasteiger partial charge in [-0.15, -0.1) is 11.3 Å². The molecular formula is C29H41F3NO5PS. The molecular weight excluding hydrogens is 562 g/mol. The Morgan fingerprint density at radius 3 is 2.27 bits per heavy atom. The summed E-state index contributed by atoms with van der Waals surface area (Å²) in [6.07, 6.45) is -2.34. The fourth-order valence-corrected chi connectivity index (χ4v) is 6.08. The molecule has 11 heteroatoms. The number of alkyl halides is 3. The van der Waals surface area contributed by atoms with E-state index in [1.165, 1.54) is 17.0 Å². The van der Waals surface area contributed by atoms with Gasteiger partial charge in [0.1, 0.15) is 17.9 Å². The van der Waals surface area contributed by atoms with Crippen molar-refractivity contribution < 1.29 is 36.2 Å². The minimum atomic E-state index is -4.53. The number of benzene rings is 1. The maximum absolute atomic E-state index is 13.9. The molecule has 1 aliphatic rings. The lowest BCUT2D eigenvalue weighted by Gasteiger charge is -2.32. The zero-order chi connectivity index (χ0) is 29.6. The summed E-state index contributed by atoms with van der Waals surface area (Å²) >= 11 is 1.63. The molecule has 0 amide bonds. The third-order valence-electron chi connectivity index (χ3n) is 5.71. The average molecular weight is 604 g/mol. The highest BCUT2D eigenvalue weighted by Gasteiger charge is 2.39. The number of thiophene rings is 1. The van der Waals surface area contributed by atoms with Gasteiger partial charge in [-0.25, -0.2) is 4.99 Å². The Morgan fingerprint density at radius 1 is 1.02 bits per heavy atom. The predicted molar refractivity (Wildman–Crippen MR) is 154 cm³/mol. The van der Waals surface area contributed by atoms with Gasteiger partial charge in [0.25, 0.3) is 0 Å². The van der Waals surface area contributed by atoms with E-state index in [9.17, 15) is 13.2 Å². The highest BCUT2D eigenvalue weighted by molar-refractivity contribution is 7.41. The van der Waals surface area contributed by atoms with E-state index in [0.29, 0.717) is 30.7 Å². The van der Waals surface area contributed by atoms with E-state index in [-0.39, 0.29) is 25.6 Å². The van der Waals surface area contributed by atoms with Gasteiger partial charge in [0, 0.05) is 11.8 Å². The Kier molecular flexibility index (Phi) is 11.1. The van der Waals surface area contributed by atoms with Crippen molar-refractivity contribution in [2.45, 2.75) is 97.1 Å². The topological polar surface area (TPSA) is 58.5 Å². The van der Waals surface area contributed by atoms with Crippen LogP contribution in [-0.4, -0.2) is 42.5 Å². The van der Waals surface area contributed by atoms with Crippen LogP contribution in [0.1, 0.15) is 77.3 Å². The van der Waals surface area contributed by atoms with E-state index in [1.807, 2.05) is 59.1 Å². The van der Waals surface area contributed by atoms with Crippen LogP contribution >= 0.6 is 19.9 Å². The molecule has 1 unspecified atom stereocenters. The first kappa shape index (κ1) is 32.8. The second kappa shape index (κ2) is 13.5. The van der Waals surface area contributed by atoms with Gasteiger partial charge in [0.05, 0.1) is 30.0 Å². The van der Waals surface area contributed by atoms with Gasteiger partial charge in [0.15, 0.2) is 5.90 Å². The number of hydrogen-bond donors (Lipinski definition) is 0. The maximum Gasteiger partial charge on any atom is 0.419 e. The highest BCUT2D eigenvalue weighted by Crippen LogP contribution is 2.48. The molecule has 0 radical (unpaired) electrons. The molecule has 3 rings (SSSR count). The van der Waals surface area contributed by atoms with E-state index in [4.69, 9.17) is 23.0 Å². The highest BCUT2D eigenvalue weighted by atomic mass is 32.1. The first-order chi connectivity index (χ1) is 18.5. The number of halogens is 3. The van der Waals surface area contributed by atoms with Crippen LogP contribution in [0.5, 0.6) is 5.75 Å². The van der Waals surface area contributed by atoms with Crippen LogP contribution in [0.4, 0.5) is 13.2 Å². The molecule has 0 bridgehead atoms. The molecule has 224 valence electrons. The Bertz CT molecular complexity index is 1100. The van der Waals surface area contributed by atoms with Crippen LogP contribution < -0.4 is 4.74 Å². The van der Waals surface area contributed by atoms with Crippen LogP contribution in [0.25, 0.3) is 0 Å². The molecule has 0 fully saturated rings. The monoisotopic (exact) mass is 603 g/mol. The summed E-state index contributed by atoms with van der Waals surface area (Å²) in [5.41, 5.74) is -1.97. The lowest BCUT2D eigenvalue weighted by molar-refractivity contribution is -0.139. The van der Waals surface area contributed by atoms with Crippen molar-refractivity contribution in [2.75, 3.05) is 19.8 Å². The molecule has 0 N–H and O–H groups in total. The summed E-state index contributed by atoms with van der Waals surface area (Å²) in [6.45, 7) is 13.9.